The highest BCUT2D eigenvalue weighted by atomic mass is 35.5. The van der Waals surface area contributed by atoms with Crippen molar-refractivity contribution >= 4 is 11.6 Å². The van der Waals surface area contributed by atoms with Crippen molar-refractivity contribution < 1.29 is 0 Å². The Morgan fingerprint density at radius 1 is 1.71 bits per heavy atom. The third-order valence-corrected chi connectivity index (χ3v) is 3.26. The number of rotatable bonds is 3. The lowest BCUT2D eigenvalue weighted by Crippen LogP contribution is -2.22. The van der Waals surface area contributed by atoms with Gasteiger partial charge in [-0.25, -0.2) is 4.98 Å². The van der Waals surface area contributed by atoms with Gasteiger partial charge in [-0.1, -0.05) is 11.6 Å². The molecule has 2 heterocycles. The Hall–Kier alpha value is -0.540. The molecule has 0 fully saturated rings. The number of hydrogen-bond donors (Lipinski definition) is 1. The van der Waals surface area contributed by atoms with E-state index < -0.39 is 0 Å². The van der Waals surface area contributed by atoms with E-state index in [9.17, 15) is 0 Å². The van der Waals surface area contributed by atoms with Gasteiger partial charge in [0.1, 0.15) is 5.15 Å². The molecular weight excluding hydrogens is 198 g/mol. The molecule has 1 atom stereocenters. The number of aromatic nitrogens is 2. The van der Waals surface area contributed by atoms with Crippen molar-refractivity contribution in [1.29, 1.82) is 0 Å². The van der Waals surface area contributed by atoms with E-state index in [-0.39, 0.29) is 0 Å². The van der Waals surface area contributed by atoms with Gasteiger partial charge in [-0.2, -0.15) is 0 Å². The lowest BCUT2D eigenvalue weighted by molar-refractivity contribution is 0.346. The van der Waals surface area contributed by atoms with Gasteiger partial charge in [0.25, 0.3) is 0 Å². The molecule has 1 aromatic rings. The molecule has 3 nitrogen and oxygen atoms in total. The molecule has 14 heavy (non-hydrogen) atoms. The summed E-state index contributed by atoms with van der Waals surface area (Å²) in [5.74, 6) is 0.778. The van der Waals surface area contributed by atoms with Crippen LogP contribution in [0.4, 0.5) is 0 Å². The van der Waals surface area contributed by atoms with Gasteiger partial charge in [0.2, 0.25) is 0 Å². The van der Waals surface area contributed by atoms with Crippen molar-refractivity contribution in [3.8, 4) is 0 Å². The van der Waals surface area contributed by atoms with Crippen LogP contribution in [0.25, 0.3) is 0 Å². The second-order valence-corrected chi connectivity index (χ2v) is 4.29. The van der Waals surface area contributed by atoms with Gasteiger partial charge in [0.15, 0.2) is 0 Å². The van der Waals surface area contributed by atoms with Gasteiger partial charge in [-0.05, 0) is 38.8 Å². The molecule has 2 rings (SSSR count). The first-order valence-corrected chi connectivity index (χ1v) is 5.53. The molecule has 1 N–H and O–H groups in total. The maximum Gasteiger partial charge on any atom is 0.150 e. The normalized spacial score (nSPS) is 20.9. The average Bonchev–Trinajstić information content (AvgIpc) is 2.57. The molecule has 78 valence electrons. The monoisotopic (exact) mass is 213 g/mol. The highest BCUT2D eigenvalue weighted by molar-refractivity contribution is 6.30. The van der Waals surface area contributed by atoms with E-state index in [1.807, 2.05) is 13.4 Å². The lowest BCUT2D eigenvalue weighted by atomic mass is 9.95. The van der Waals surface area contributed by atoms with Crippen LogP contribution in [0.1, 0.15) is 18.5 Å². The Morgan fingerprint density at radius 2 is 2.57 bits per heavy atom. The summed E-state index contributed by atoms with van der Waals surface area (Å²) in [4.78, 5) is 4.13. The topological polar surface area (TPSA) is 29.9 Å². The molecule has 1 unspecified atom stereocenters. The Morgan fingerprint density at radius 3 is 3.36 bits per heavy atom. The van der Waals surface area contributed by atoms with E-state index in [1.54, 1.807) is 0 Å². The number of fused-ring (bicyclic) bond motifs is 1. The third kappa shape index (κ3) is 1.93. The summed E-state index contributed by atoms with van der Waals surface area (Å²) in [6.45, 7) is 2.18. The van der Waals surface area contributed by atoms with Crippen molar-refractivity contribution in [2.75, 3.05) is 13.6 Å². The van der Waals surface area contributed by atoms with Crippen LogP contribution in [0, 0.1) is 5.92 Å². The summed E-state index contributed by atoms with van der Waals surface area (Å²) in [5.41, 5.74) is 1.22. The molecule has 4 heteroatoms. The molecule has 0 spiro atoms. The zero-order chi connectivity index (χ0) is 9.97. The van der Waals surface area contributed by atoms with Crippen LogP contribution in [0.3, 0.4) is 0 Å². The summed E-state index contributed by atoms with van der Waals surface area (Å²) >= 11 is 5.97. The van der Waals surface area contributed by atoms with Crippen molar-refractivity contribution in [3.63, 3.8) is 0 Å². The Kier molecular flexibility index (Phi) is 3.08. The summed E-state index contributed by atoms with van der Waals surface area (Å²) in [6, 6.07) is 0. The molecule has 0 bridgehead atoms. The fourth-order valence-corrected chi connectivity index (χ4v) is 2.33. The highest BCUT2D eigenvalue weighted by Crippen LogP contribution is 2.26. The van der Waals surface area contributed by atoms with Crippen LogP contribution in [0.15, 0.2) is 6.33 Å². The van der Waals surface area contributed by atoms with E-state index in [2.05, 4.69) is 14.9 Å². The first kappa shape index (κ1) is 9.99. The van der Waals surface area contributed by atoms with E-state index in [4.69, 9.17) is 11.6 Å². The lowest BCUT2D eigenvalue weighted by Gasteiger charge is -2.24. The second kappa shape index (κ2) is 4.32. The molecule has 0 aromatic carbocycles. The zero-order valence-electron chi connectivity index (χ0n) is 8.46. The average molecular weight is 214 g/mol. The molecule has 0 amide bonds. The second-order valence-electron chi connectivity index (χ2n) is 3.93. The van der Waals surface area contributed by atoms with E-state index in [1.165, 1.54) is 18.5 Å². The van der Waals surface area contributed by atoms with Crippen molar-refractivity contribution in [3.05, 3.63) is 17.2 Å². The van der Waals surface area contributed by atoms with Crippen molar-refractivity contribution in [2.45, 2.75) is 25.8 Å². The summed E-state index contributed by atoms with van der Waals surface area (Å²) in [5, 5.41) is 3.88. The minimum atomic E-state index is 0.692. The maximum atomic E-state index is 5.97. The van der Waals surface area contributed by atoms with E-state index in [0.717, 1.165) is 25.4 Å². The van der Waals surface area contributed by atoms with Crippen LogP contribution in [-0.4, -0.2) is 23.1 Å². The van der Waals surface area contributed by atoms with Gasteiger partial charge in [-0.15, -0.1) is 0 Å². The first-order valence-electron chi connectivity index (χ1n) is 5.15. The van der Waals surface area contributed by atoms with Crippen LogP contribution in [0.2, 0.25) is 5.15 Å². The molecule has 0 saturated heterocycles. The predicted molar refractivity (Wildman–Crippen MR) is 57.6 cm³/mol. The van der Waals surface area contributed by atoms with Crippen LogP contribution in [-0.2, 0) is 13.0 Å². The molecule has 1 aliphatic rings. The quantitative estimate of drug-likeness (QED) is 0.829. The van der Waals surface area contributed by atoms with Gasteiger partial charge in [0, 0.05) is 6.54 Å². The van der Waals surface area contributed by atoms with Crippen LogP contribution >= 0.6 is 11.6 Å². The van der Waals surface area contributed by atoms with E-state index >= 15 is 0 Å². The zero-order valence-corrected chi connectivity index (χ0v) is 9.22. The SMILES string of the molecule is CNCCC1CCc2c(Cl)ncn2C1. The van der Waals surface area contributed by atoms with Gasteiger partial charge in [-0.3, -0.25) is 0 Å². The Bertz CT molecular complexity index is 308. The number of hydrogen-bond acceptors (Lipinski definition) is 2. The van der Waals surface area contributed by atoms with Crippen LogP contribution in [0.5, 0.6) is 0 Å². The number of nitrogens with zero attached hydrogens (tertiary/aromatic N) is 2. The standard InChI is InChI=1S/C10H16ClN3/c1-12-5-4-8-2-3-9-10(11)13-7-14(9)6-8/h7-8,12H,2-6H2,1H3. The fourth-order valence-electron chi connectivity index (χ4n) is 2.08. The van der Waals surface area contributed by atoms with Gasteiger partial charge >= 0.3 is 0 Å². The number of halogens is 1. The fraction of sp³-hybridized carbons (Fsp3) is 0.700. The minimum Gasteiger partial charge on any atom is -0.333 e. The first-order chi connectivity index (χ1) is 6.81. The molecule has 0 radical (unpaired) electrons. The molecule has 0 aliphatic carbocycles. The van der Waals surface area contributed by atoms with Gasteiger partial charge < -0.3 is 9.88 Å². The van der Waals surface area contributed by atoms with Crippen LogP contribution < -0.4 is 5.32 Å². The summed E-state index contributed by atoms with van der Waals surface area (Å²) in [6.07, 6.45) is 5.43. The van der Waals surface area contributed by atoms with Crippen molar-refractivity contribution in [1.82, 2.24) is 14.9 Å². The highest BCUT2D eigenvalue weighted by Gasteiger charge is 2.20. The molecular formula is C10H16ClN3. The maximum absolute atomic E-state index is 5.97. The smallest absolute Gasteiger partial charge is 0.150 e. The summed E-state index contributed by atoms with van der Waals surface area (Å²) < 4.78 is 2.20. The van der Waals surface area contributed by atoms with Crippen molar-refractivity contribution in [2.24, 2.45) is 5.92 Å². The Balaban J connectivity index is 1.99. The van der Waals surface area contributed by atoms with Gasteiger partial charge in [0.05, 0.1) is 12.0 Å². The minimum absolute atomic E-state index is 0.692. The number of imidazole rings is 1. The Labute approximate surface area is 89.5 Å². The molecule has 1 aromatic heterocycles. The molecule has 1 aliphatic heterocycles. The third-order valence-electron chi connectivity index (χ3n) is 2.94. The molecule has 0 saturated carbocycles. The largest absolute Gasteiger partial charge is 0.333 e. The number of nitrogens with one attached hydrogen (secondary N) is 1. The van der Waals surface area contributed by atoms with E-state index in [0.29, 0.717) is 5.15 Å². The predicted octanol–water partition coefficient (Wildman–Crippen LogP) is 1.71. The summed E-state index contributed by atoms with van der Waals surface area (Å²) in [7, 11) is 2.00.